The molecular formula is C14H21ClN2O2. The predicted molar refractivity (Wildman–Crippen MR) is 77.5 cm³/mol. The number of nitrogens with zero attached hydrogens (tertiary/aromatic N) is 1. The number of morpholine rings is 1. The first-order valence-electron chi connectivity index (χ1n) is 6.34. The van der Waals surface area contributed by atoms with Crippen LogP contribution in [0.2, 0.25) is 0 Å². The number of ether oxygens (including phenoxy) is 1. The number of amides is 1. The summed E-state index contributed by atoms with van der Waals surface area (Å²) in [5.41, 5.74) is 7.84. The summed E-state index contributed by atoms with van der Waals surface area (Å²) in [7, 11) is 0. The number of hydrogen-bond donors (Lipinski definition) is 1. The highest BCUT2D eigenvalue weighted by Crippen LogP contribution is 2.11. The van der Waals surface area contributed by atoms with Crippen molar-refractivity contribution in [1.29, 1.82) is 0 Å². The van der Waals surface area contributed by atoms with Crippen molar-refractivity contribution in [2.24, 2.45) is 5.73 Å². The van der Waals surface area contributed by atoms with Gasteiger partial charge in [-0.05, 0) is 18.1 Å². The van der Waals surface area contributed by atoms with E-state index in [4.69, 9.17) is 10.5 Å². The highest BCUT2D eigenvalue weighted by atomic mass is 35.5. The third kappa shape index (κ3) is 4.20. The maximum Gasteiger partial charge on any atom is 0.227 e. The van der Waals surface area contributed by atoms with Gasteiger partial charge in [-0.3, -0.25) is 4.79 Å². The lowest BCUT2D eigenvalue weighted by molar-refractivity contribution is -0.137. The summed E-state index contributed by atoms with van der Waals surface area (Å²) < 4.78 is 5.46. The molecule has 2 rings (SSSR count). The number of carbonyl (C=O) groups excluding carboxylic acids is 1. The van der Waals surface area contributed by atoms with Gasteiger partial charge in [-0.15, -0.1) is 12.4 Å². The summed E-state index contributed by atoms with van der Waals surface area (Å²) >= 11 is 0. The van der Waals surface area contributed by atoms with Gasteiger partial charge in [0.1, 0.15) is 0 Å². The maximum atomic E-state index is 12.2. The minimum Gasteiger partial charge on any atom is -0.373 e. The van der Waals surface area contributed by atoms with Crippen molar-refractivity contribution < 1.29 is 9.53 Å². The number of rotatable bonds is 3. The van der Waals surface area contributed by atoms with Gasteiger partial charge in [-0.25, -0.2) is 0 Å². The molecule has 2 N–H and O–H groups in total. The second kappa shape index (κ2) is 7.48. The van der Waals surface area contributed by atoms with Crippen molar-refractivity contribution in [2.45, 2.75) is 19.4 Å². The Labute approximate surface area is 120 Å². The van der Waals surface area contributed by atoms with E-state index in [0.29, 0.717) is 32.7 Å². The smallest absolute Gasteiger partial charge is 0.227 e. The number of halogens is 1. The monoisotopic (exact) mass is 284 g/mol. The molecule has 5 heteroatoms. The van der Waals surface area contributed by atoms with Crippen molar-refractivity contribution in [1.82, 2.24) is 4.90 Å². The van der Waals surface area contributed by atoms with Gasteiger partial charge in [0.05, 0.1) is 19.1 Å². The van der Waals surface area contributed by atoms with E-state index in [2.05, 4.69) is 0 Å². The van der Waals surface area contributed by atoms with E-state index in [-0.39, 0.29) is 24.4 Å². The first kappa shape index (κ1) is 16.0. The maximum absolute atomic E-state index is 12.2. The molecule has 1 aromatic rings. The molecule has 0 bridgehead atoms. The van der Waals surface area contributed by atoms with Gasteiger partial charge in [0, 0.05) is 19.6 Å². The fourth-order valence-corrected chi connectivity index (χ4v) is 2.17. The largest absolute Gasteiger partial charge is 0.373 e. The van der Waals surface area contributed by atoms with Gasteiger partial charge in [0.15, 0.2) is 0 Å². The first-order chi connectivity index (χ1) is 8.70. The molecule has 1 aromatic carbocycles. The third-order valence-corrected chi connectivity index (χ3v) is 3.36. The van der Waals surface area contributed by atoms with E-state index in [0.717, 1.165) is 11.1 Å². The summed E-state index contributed by atoms with van der Waals surface area (Å²) in [6.45, 7) is 4.36. The van der Waals surface area contributed by atoms with E-state index in [1.54, 1.807) is 0 Å². The number of aryl methyl sites for hydroxylation is 1. The highest BCUT2D eigenvalue weighted by Gasteiger charge is 2.23. The number of hydrogen-bond acceptors (Lipinski definition) is 3. The SMILES string of the molecule is Cc1ccccc1CC(=O)N1CCOC(CN)C1.Cl. The van der Waals surface area contributed by atoms with Gasteiger partial charge in [-0.1, -0.05) is 24.3 Å². The van der Waals surface area contributed by atoms with Crippen LogP contribution in [0.5, 0.6) is 0 Å². The van der Waals surface area contributed by atoms with Crippen LogP contribution >= 0.6 is 12.4 Å². The zero-order valence-electron chi connectivity index (χ0n) is 11.2. The van der Waals surface area contributed by atoms with Crippen molar-refractivity contribution in [3.05, 3.63) is 35.4 Å². The van der Waals surface area contributed by atoms with Crippen LogP contribution in [0.15, 0.2) is 24.3 Å². The summed E-state index contributed by atoms with van der Waals surface area (Å²) in [5, 5.41) is 0. The molecule has 0 radical (unpaired) electrons. The summed E-state index contributed by atoms with van der Waals surface area (Å²) in [5.74, 6) is 0.158. The van der Waals surface area contributed by atoms with E-state index in [1.165, 1.54) is 0 Å². The van der Waals surface area contributed by atoms with Crippen LogP contribution in [0.25, 0.3) is 0 Å². The zero-order chi connectivity index (χ0) is 13.0. The Kier molecular flexibility index (Phi) is 6.28. The van der Waals surface area contributed by atoms with Crippen molar-refractivity contribution in [2.75, 3.05) is 26.2 Å². The lowest BCUT2D eigenvalue weighted by Gasteiger charge is -2.32. The van der Waals surface area contributed by atoms with Crippen LogP contribution in [-0.2, 0) is 16.0 Å². The third-order valence-electron chi connectivity index (χ3n) is 3.36. The Morgan fingerprint density at radius 3 is 2.89 bits per heavy atom. The molecule has 106 valence electrons. The van der Waals surface area contributed by atoms with Crippen LogP contribution in [-0.4, -0.2) is 43.2 Å². The Bertz CT molecular complexity index is 426. The molecule has 0 aliphatic carbocycles. The molecule has 0 spiro atoms. The quantitative estimate of drug-likeness (QED) is 0.906. The second-order valence-corrected chi connectivity index (χ2v) is 4.67. The van der Waals surface area contributed by atoms with Crippen molar-refractivity contribution in [3.8, 4) is 0 Å². The van der Waals surface area contributed by atoms with Gasteiger partial charge < -0.3 is 15.4 Å². The molecule has 1 atom stereocenters. The average molecular weight is 285 g/mol. The standard InChI is InChI=1S/C14H20N2O2.ClH/c1-11-4-2-3-5-12(11)8-14(17)16-6-7-18-13(9-15)10-16;/h2-5,13H,6-10,15H2,1H3;1H. The van der Waals surface area contributed by atoms with Crippen LogP contribution < -0.4 is 5.73 Å². The topological polar surface area (TPSA) is 55.6 Å². The Morgan fingerprint density at radius 2 is 2.21 bits per heavy atom. The van der Waals surface area contributed by atoms with E-state index in [9.17, 15) is 4.79 Å². The van der Waals surface area contributed by atoms with Crippen LogP contribution in [0.4, 0.5) is 0 Å². The fraction of sp³-hybridized carbons (Fsp3) is 0.500. The Hall–Kier alpha value is -1.10. The molecule has 1 aliphatic heterocycles. The average Bonchev–Trinajstić information content (AvgIpc) is 2.41. The van der Waals surface area contributed by atoms with Gasteiger partial charge in [0.25, 0.3) is 0 Å². The van der Waals surface area contributed by atoms with Crippen molar-refractivity contribution in [3.63, 3.8) is 0 Å². The normalized spacial score (nSPS) is 18.8. The minimum absolute atomic E-state index is 0. The Balaban J connectivity index is 0.00000180. The molecule has 1 saturated heterocycles. The molecule has 0 saturated carbocycles. The van der Waals surface area contributed by atoms with Gasteiger partial charge >= 0.3 is 0 Å². The number of nitrogens with two attached hydrogens (primary N) is 1. The van der Waals surface area contributed by atoms with Gasteiger partial charge in [-0.2, -0.15) is 0 Å². The second-order valence-electron chi connectivity index (χ2n) is 4.67. The van der Waals surface area contributed by atoms with E-state index in [1.807, 2.05) is 36.1 Å². The minimum atomic E-state index is -0.0143. The molecule has 1 heterocycles. The highest BCUT2D eigenvalue weighted by molar-refractivity contribution is 5.85. The van der Waals surface area contributed by atoms with Crippen LogP contribution in [0.1, 0.15) is 11.1 Å². The lowest BCUT2D eigenvalue weighted by Crippen LogP contribution is -2.48. The molecule has 1 amide bonds. The molecule has 19 heavy (non-hydrogen) atoms. The van der Waals surface area contributed by atoms with Crippen LogP contribution in [0, 0.1) is 6.92 Å². The summed E-state index contributed by atoms with van der Waals surface area (Å²) in [6.07, 6.45) is 0.448. The molecule has 4 nitrogen and oxygen atoms in total. The van der Waals surface area contributed by atoms with E-state index >= 15 is 0 Å². The number of carbonyl (C=O) groups is 1. The lowest BCUT2D eigenvalue weighted by atomic mass is 10.1. The van der Waals surface area contributed by atoms with Crippen LogP contribution in [0.3, 0.4) is 0 Å². The fourth-order valence-electron chi connectivity index (χ4n) is 2.17. The first-order valence-corrected chi connectivity index (χ1v) is 6.34. The Morgan fingerprint density at radius 1 is 1.47 bits per heavy atom. The molecule has 1 unspecified atom stereocenters. The molecule has 1 fully saturated rings. The predicted octanol–water partition coefficient (Wildman–Crippen LogP) is 1.15. The molecule has 0 aromatic heterocycles. The zero-order valence-corrected chi connectivity index (χ0v) is 12.0. The molecule has 1 aliphatic rings. The number of benzene rings is 1. The van der Waals surface area contributed by atoms with Crippen molar-refractivity contribution >= 4 is 18.3 Å². The van der Waals surface area contributed by atoms with E-state index < -0.39 is 0 Å². The van der Waals surface area contributed by atoms with Gasteiger partial charge in [0.2, 0.25) is 5.91 Å². The summed E-state index contributed by atoms with van der Waals surface area (Å²) in [4.78, 5) is 14.1. The molecular weight excluding hydrogens is 264 g/mol. The summed E-state index contributed by atoms with van der Waals surface area (Å²) in [6, 6.07) is 8.00.